The van der Waals surface area contributed by atoms with Crippen molar-refractivity contribution in [1.29, 1.82) is 0 Å². The van der Waals surface area contributed by atoms with Crippen LogP contribution in [0.25, 0.3) is 0 Å². The molecule has 0 unspecified atom stereocenters. The lowest BCUT2D eigenvalue weighted by atomic mass is 10.1. The molecule has 0 aliphatic rings. The van der Waals surface area contributed by atoms with E-state index in [2.05, 4.69) is 5.32 Å². The number of benzene rings is 1. The summed E-state index contributed by atoms with van der Waals surface area (Å²) in [6.07, 6.45) is 0. The molecular weight excluding hydrogens is 255 g/mol. The van der Waals surface area contributed by atoms with Gasteiger partial charge in [-0.15, -0.1) is 0 Å². The van der Waals surface area contributed by atoms with Crippen molar-refractivity contribution in [2.75, 3.05) is 18.9 Å². The average molecular weight is 268 g/mol. The van der Waals surface area contributed by atoms with Gasteiger partial charge in [0.2, 0.25) is 11.8 Å². The largest absolute Gasteiger partial charge is 0.478 e. The highest BCUT2D eigenvalue weighted by molar-refractivity contribution is 6.01. The lowest BCUT2D eigenvalue weighted by Gasteiger charge is -2.15. The smallest absolute Gasteiger partial charge is 0.337 e. The fourth-order valence-electron chi connectivity index (χ4n) is 1.32. The minimum Gasteiger partial charge on any atom is -0.478 e. The maximum atomic E-state index is 12.9. The van der Waals surface area contributed by atoms with Gasteiger partial charge in [-0.1, -0.05) is 0 Å². The molecule has 0 saturated carbocycles. The predicted molar refractivity (Wildman–Crippen MR) is 65.3 cm³/mol. The topological polar surface area (TPSA) is 86.7 Å². The number of likely N-dealkylation sites (N-methyl/N-ethyl adjacent to an activating group) is 1. The van der Waals surface area contributed by atoms with Crippen molar-refractivity contribution in [3.8, 4) is 0 Å². The van der Waals surface area contributed by atoms with Crippen molar-refractivity contribution in [1.82, 2.24) is 4.90 Å². The monoisotopic (exact) mass is 268 g/mol. The van der Waals surface area contributed by atoms with Gasteiger partial charge in [0.1, 0.15) is 5.82 Å². The summed E-state index contributed by atoms with van der Waals surface area (Å²) < 4.78 is 12.9. The van der Waals surface area contributed by atoms with Gasteiger partial charge >= 0.3 is 5.97 Å². The van der Waals surface area contributed by atoms with Crippen LogP contribution in [-0.4, -0.2) is 41.4 Å². The molecule has 0 aliphatic heterocycles. The second kappa shape index (κ2) is 5.94. The molecular formula is C12H13FN2O4. The molecule has 0 saturated heterocycles. The van der Waals surface area contributed by atoms with Crippen LogP contribution in [0.1, 0.15) is 17.3 Å². The van der Waals surface area contributed by atoms with Crippen molar-refractivity contribution >= 4 is 23.5 Å². The Hall–Kier alpha value is -2.44. The van der Waals surface area contributed by atoms with Gasteiger partial charge in [0, 0.05) is 14.0 Å². The molecule has 0 fully saturated rings. The average Bonchev–Trinajstić information content (AvgIpc) is 2.30. The summed E-state index contributed by atoms with van der Waals surface area (Å²) in [5.74, 6) is -2.93. The molecule has 1 rings (SSSR count). The number of halogens is 1. The second-order valence-corrected chi connectivity index (χ2v) is 3.92. The molecule has 1 aromatic carbocycles. The van der Waals surface area contributed by atoms with Crippen molar-refractivity contribution in [2.24, 2.45) is 0 Å². The fourth-order valence-corrected chi connectivity index (χ4v) is 1.32. The number of carbonyl (C=O) groups is 3. The van der Waals surface area contributed by atoms with E-state index >= 15 is 0 Å². The van der Waals surface area contributed by atoms with E-state index in [4.69, 9.17) is 5.11 Å². The lowest BCUT2D eigenvalue weighted by Crippen LogP contribution is -2.33. The number of hydrogen-bond acceptors (Lipinski definition) is 3. The summed E-state index contributed by atoms with van der Waals surface area (Å²) in [6, 6.07) is 3.01. The highest BCUT2D eigenvalue weighted by atomic mass is 19.1. The van der Waals surface area contributed by atoms with Gasteiger partial charge in [0.25, 0.3) is 0 Å². The lowest BCUT2D eigenvalue weighted by molar-refractivity contribution is -0.131. The standard InChI is InChI=1S/C12H13FN2O4/c1-7(16)15(2)6-11(17)14-10-4-3-8(13)5-9(10)12(18)19/h3-5H,6H2,1-2H3,(H,14,17)(H,18,19). The normalized spacial score (nSPS) is 9.84. The molecule has 0 bridgehead atoms. The summed E-state index contributed by atoms with van der Waals surface area (Å²) in [4.78, 5) is 34.6. The zero-order chi connectivity index (χ0) is 14.6. The number of amides is 2. The SMILES string of the molecule is CC(=O)N(C)CC(=O)Nc1ccc(F)cc1C(=O)O. The van der Waals surface area contributed by atoms with Gasteiger partial charge in [-0.3, -0.25) is 9.59 Å². The Kier molecular flexibility index (Phi) is 4.57. The Labute approximate surface area is 108 Å². The zero-order valence-corrected chi connectivity index (χ0v) is 10.4. The first-order valence-electron chi connectivity index (χ1n) is 5.35. The molecule has 0 aliphatic carbocycles. The van der Waals surface area contributed by atoms with E-state index in [1.54, 1.807) is 0 Å². The summed E-state index contributed by atoms with van der Waals surface area (Å²) in [6.45, 7) is 1.08. The van der Waals surface area contributed by atoms with Gasteiger partial charge in [0.15, 0.2) is 0 Å². The molecule has 0 aromatic heterocycles. The van der Waals surface area contributed by atoms with Crippen LogP contribution in [0.5, 0.6) is 0 Å². The third-order valence-electron chi connectivity index (χ3n) is 2.40. The summed E-state index contributed by atoms with van der Waals surface area (Å²) in [7, 11) is 1.44. The number of nitrogens with one attached hydrogen (secondary N) is 1. The van der Waals surface area contributed by atoms with Crippen LogP contribution in [0.2, 0.25) is 0 Å². The second-order valence-electron chi connectivity index (χ2n) is 3.92. The van der Waals surface area contributed by atoms with Gasteiger partial charge in [-0.25, -0.2) is 9.18 Å². The van der Waals surface area contributed by atoms with E-state index in [9.17, 15) is 18.8 Å². The van der Waals surface area contributed by atoms with Crippen molar-refractivity contribution < 1.29 is 23.9 Å². The Balaban J connectivity index is 2.85. The van der Waals surface area contributed by atoms with E-state index in [0.717, 1.165) is 18.2 Å². The molecule has 0 radical (unpaired) electrons. The van der Waals surface area contributed by atoms with Crippen LogP contribution in [0.3, 0.4) is 0 Å². The quantitative estimate of drug-likeness (QED) is 0.850. The first-order chi connectivity index (χ1) is 8.81. The number of rotatable bonds is 4. The minimum atomic E-state index is -1.35. The van der Waals surface area contributed by atoms with E-state index in [0.29, 0.717) is 0 Å². The van der Waals surface area contributed by atoms with Crippen LogP contribution in [-0.2, 0) is 9.59 Å². The molecule has 2 amide bonds. The number of carbonyl (C=O) groups excluding carboxylic acids is 2. The summed E-state index contributed by atoms with van der Waals surface area (Å²) >= 11 is 0. The molecule has 7 heteroatoms. The van der Waals surface area contributed by atoms with E-state index in [1.807, 2.05) is 0 Å². The number of anilines is 1. The number of aromatic carboxylic acids is 1. The van der Waals surface area contributed by atoms with Crippen molar-refractivity contribution in [2.45, 2.75) is 6.92 Å². The van der Waals surface area contributed by atoms with Crippen LogP contribution >= 0.6 is 0 Å². The number of carboxylic acids is 1. The molecule has 19 heavy (non-hydrogen) atoms. The molecule has 1 aromatic rings. The van der Waals surface area contributed by atoms with Gasteiger partial charge in [0.05, 0.1) is 17.8 Å². The number of hydrogen-bond donors (Lipinski definition) is 2. The predicted octanol–water partition coefficient (Wildman–Crippen LogP) is 0.941. The Morgan fingerprint density at radius 3 is 2.53 bits per heavy atom. The molecule has 0 spiro atoms. The zero-order valence-electron chi connectivity index (χ0n) is 10.4. The highest BCUT2D eigenvalue weighted by Crippen LogP contribution is 2.17. The van der Waals surface area contributed by atoms with E-state index < -0.39 is 17.7 Å². The third-order valence-corrected chi connectivity index (χ3v) is 2.40. The van der Waals surface area contributed by atoms with Crippen molar-refractivity contribution in [3.63, 3.8) is 0 Å². The van der Waals surface area contributed by atoms with Gasteiger partial charge in [-0.2, -0.15) is 0 Å². The van der Waals surface area contributed by atoms with Crippen LogP contribution in [0, 0.1) is 5.82 Å². The molecule has 0 atom stereocenters. The summed E-state index contributed by atoms with van der Waals surface area (Å²) in [5, 5.41) is 11.2. The maximum Gasteiger partial charge on any atom is 0.337 e. The van der Waals surface area contributed by atoms with E-state index in [1.165, 1.54) is 18.9 Å². The molecule has 102 valence electrons. The highest BCUT2D eigenvalue weighted by Gasteiger charge is 2.15. The van der Waals surface area contributed by atoms with Crippen LogP contribution in [0.4, 0.5) is 10.1 Å². The maximum absolute atomic E-state index is 12.9. The van der Waals surface area contributed by atoms with Gasteiger partial charge in [-0.05, 0) is 18.2 Å². The Morgan fingerprint density at radius 2 is 2.00 bits per heavy atom. The van der Waals surface area contributed by atoms with Crippen LogP contribution in [0.15, 0.2) is 18.2 Å². The first kappa shape index (κ1) is 14.6. The Bertz CT molecular complexity index is 530. The fraction of sp³-hybridized carbons (Fsp3) is 0.250. The molecule has 2 N–H and O–H groups in total. The molecule has 0 heterocycles. The van der Waals surface area contributed by atoms with Crippen molar-refractivity contribution in [3.05, 3.63) is 29.6 Å². The van der Waals surface area contributed by atoms with E-state index in [-0.39, 0.29) is 23.7 Å². The number of carboxylic acid groups (broad SMARTS) is 1. The number of nitrogens with zero attached hydrogens (tertiary/aromatic N) is 1. The van der Waals surface area contributed by atoms with Gasteiger partial charge < -0.3 is 15.3 Å². The molecule has 6 nitrogen and oxygen atoms in total. The third kappa shape index (κ3) is 4.06. The first-order valence-corrected chi connectivity index (χ1v) is 5.35. The Morgan fingerprint density at radius 1 is 1.37 bits per heavy atom. The summed E-state index contributed by atoms with van der Waals surface area (Å²) in [5.41, 5.74) is -0.366. The minimum absolute atomic E-state index is 0.0177. The van der Waals surface area contributed by atoms with Crippen LogP contribution < -0.4 is 5.32 Å².